The van der Waals surface area contributed by atoms with E-state index in [-0.39, 0.29) is 18.1 Å². The number of aromatic nitrogens is 1. The first-order valence-electron chi connectivity index (χ1n) is 8.72. The van der Waals surface area contributed by atoms with Gasteiger partial charge in [-0.3, -0.25) is 14.8 Å². The zero-order chi connectivity index (χ0) is 19.0. The number of carbonyl (C=O) groups is 1. The fourth-order valence-electron chi connectivity index (χ4n) is 3.34. The van der Waals surface area contributed by atoms with Gasteiger partial charge in [0.1, 0.15) is 11.9 Å². The smallest absolute Gasteiger partial charge is 0.274 e. The van der Waals surface area contributed by atoms with Crippen molar-refractivity contribution in [2.24, 2.45) is 0 Å². The Morgan fingerprint density at radius 2 is 1.93 bits per heavy atom. The number of amides is 1. The predicted octanol–water partition coefficient (Wildman–Crippen LogP) is 3.18. The molecule has 0 radical (unpaired) electrons. The van der Waals surface area contributed by atoms with Crippen LogP contribution in [-0.4, -0.2) is 22.1 Å². The van der Waals surface area contributed by atoms with Gasteiger partial charge < -0.3 is 10.6 Å². The Labute approximate surface area is 162 Å². The molecule has 2 unspecified atom stereocenters. The average molecular weight is 382 g/mol. The number of rotatable bonds is 3. The number of benzene rings is 1. The lowest BCUT2D eigenvalue weighted by Gasteiger charge is -2.34. The number of aryl methyl sites for hydroxylation is 2. The van der Waals surface area contributed by atoms with Gasteiger partial charge in [0.15, 0.2) is 0 Å². The summed E-state index contributed by atoms with van der Waals surface area (Å²) in [5, 5.41) is 8.65. The fraction of sp³-hybridized carbons (Fsp3) is 0.200. The highest BCUT2D eigenvalue weighted by molar-refractivity contribution is 6.31. The van der Waals surface area contributed by atoms with Crippen LogP contribution in [0.1, 0.15) is 23.0 Å². The topological polar surface area (TPSA) is 69.3 Å². The lowest BCUT2D eigenvalue weighted by atomic mass is 10.1. The third-order valence-electron chi connectivity index (χ3n) is 4.50. The molecule has 6 nitrogen and oxygen atoms in total. The van der Waals surface area contributed by atoms with E-state index in [0.717, 1.165) is 22.6 Å². The standard InChI is InChI=1S/C20H20ClN5O/c1-12-9-14(10-13(2)23-12)24-20(27)18-11-22-19-8-7-17(25-26(18)19)15-5-3-4-6-16(15)21/h3-11,17,19,22,25H,1-2H3,(H,23,24,27). The highest BCUT2D eigenvalue weighted by atomic mass is 35.5. The van der Waals surface area contributed by atoms with E-state index in [4.69, 9.17) is 11.6 Å². The summed E-state index contributed by atoms with van der Waals surface area (Å²) in [6.07, 6.45) is 5.65. The minimum atomic E-state index is -0.198. The lowest BCUT2D eigenvalue weighted by Crippen LogP contribution is -2.50. The van der Waals surface area contributed by atoms with Crippen molar-refractivity contribution in [3.63, 3.8) is 0 Å². The number of hydrogen-bond acceptors (Lipinski definition) is 5. The van der Waals surface area contributed by atoms with E-state index >= 15 is 0 Å². The third-order valence-corrected chi connectivity index (χ3v) is 4.85. The summed E-state index contributed by atoms with van der Waals surface area (Å²) in [7, 11) is 0. The zero-order valence-corrected chi connectivity index (χ0v) is 15.8. The zero-order valence-electron chi connectivity index (χ0n) is 15.0. The number of hydrazine groups is 1. The Morgan fingerprint density at radius 3 is 2.67 bits per heavy atom. The molecule has 2 atom stereocenters. The van der Waals surface area contributed by atoms with Crippen LogP contribution in [0.25, 0.3) is 0 Å². The summed E-state index contributed by atoms with van der Waals surface area (Å²) >= 11 is 6.33. The number of nitrogens with one attached hydrogen (secondary N) is 3. The number of anilines is 1. The van der Waals surface area contributed by atoms with Gasteiger partial charge in [-0.2, -0.15) is 0 Å². The summed E-state index contributed by atoms with van der Waals surface area (Å²) in [6.45, 7) is 3.81. The first kappa shape index (κ1) is 17.6. The van der Waals surface area contributed by atoms with Gasteiger partial charge in [-0.05, 0) is 43.7 Å². The van der Waals surface area contributed by atoms with Gasteiger partial charge in [-0.1, -0.05) is 35.9 Å². The second-order valence-electron chi connectivity index (χ2n) is 6.62. The summed E-state index contributed by atoms with van der Waals surface area (Å²) in [6, 6.07) is 11.3. The normalized spacial score (nSPS) is 20.7. The first-order chi connectivity index (χ1) is 13.0. The second-order valence-corrected chi connectivity index (χ2v) is 7.02. The highest BCUT2D eigenvalue weighted by Crippen LogP contribution is 2.29. The van der Waals surface area contributed by atoms with E-state index in [9.17, 15) is 4.79 Å². The molecule has 7 heteroatoms. The van der Waals surface area contributed by atoms with Crippen molar-refractivity contribution < 1.29 is 4.79 Å². The van der Waals surface area contributed by atoms with Gasteiger partial charge in [-0.25, -0.2) is 5.43 Å². The molecule has 1 amide bonds. The van der Waals surface area contributed by atoms with Crippen LogP contribution in [0.2, 0.25) is 5.02 Å². The first-order valence-corrected chi connectivity index (χ1v) is 9.10. The molecule has 3 N–H and O–H groups in total. The molecule has 27 heavy (non-hydrogen) atoms. The highest BCUT2D eigenvalue weighted by Gasteiger charge is 2.33. The molecule has 0 spiro atoms. The van der Waals surface area contributed by atoms with E-state index in [1.54, 1.807) is 6.20 Å². The van der Waals surface area contributed by atoms with Crippen LogP contribution in [0.3, 0.4) is 0 Å². The van der Waals surface area contributed by atoms with Crippen LogP contribution < -0.4 is 16.1 Å². The maximum atomic E-state index is 12.8. The third kappa shape index (κ3) is 3.54. The van der Waals surface area contributed by atoms with Crippen LogP contribution in [0.5, 0.6) is 0 Å². The van der Waals surface area contributed by atoms with Gasteiger partial charge >= 0.3 is 0 Å². The molecule has 4 rings (SSSR count). The lowest BCUT2D eigenvalue weighted by molar-refractivity contribution is -0.114. The maximum Gasteiger partial charge on any atom is 0.274 e. The van der Waals surface area contributed by atoms with E-state index < -0.39 is 0 Å². The van der Waals surface area contributed by atoms with E-state index in [1.807, 2.05) is 67.4 Å². The number of carbonyl (C=O) groups excluding carboxylic acids is 1. The van der Waals surface area contributed by atoms with Crippen molar-refractivity contribution in [3.05, 3.63) is 82.4 Å². The van der Waals surface area contributed by atoms with Gasteiger partial charge in [0.2, 0.25) is 0 Å². The fourth-order valence-corrected chi connectivity index (χ4v) is 3.59. The summed E-state index contributed by atoms with van der Waals surface area (Å²) in [5.41, 5.74) is 7.29. The average Bonchev–Trinajstić information content (AvgIpc) is 3.04. The summed E-state index contributed by atoms with van der Waals surface area (Å²) < 4.78 is 0. The number of fused-ring (bicyclic) bond motifs is 1. The molecule has 0 bridgehead atoms. The van der Waals surface area contributed by atoms with Crippen LogP contribution >= 0.6 is 11.6 Å². The Balaban J connectivity index is 1.53. The molecule has 1 aromatic carbocycles. The SMILES string of the molecule is Cc1cc(NC(=O)C2=CNC3C=CC(c4ccccc4Cl)NN23)cc(C)n1. The Kier molecular flexibility index (Phi) is 4.59. The molecule has 0 aliphatic carbocycles. The predicted molar refractivity (Wildman–Crippen MR) is 106 cm³/mol. The Morgan fingerprint density at radius 1 is 1.19 bits per heavy atom. The number of nitrogens with zero attached hydrogens (tertiary/aromatic N) is 2. The van der Waals surface area contributed by atoms with Crippen molar-refractivity contribution in [1.82, 2.24) is 20.7 Å². The van der Waals surface area contributed by atoms with E-state index in [0.29, 0.717) is 10.7 Å². The second kappa shape index (κ2) is 7.06. The van der Waals surface area contributed by atoms with E-state index in [2.05, 4.69) is 21.0 Å². The van der Waals surface area contributed by atoms with Gasteiger partial charge in [0.05, 0.1) is 6.04 Å². The monoisotopic (exact) mass is 381 g/mol. The van der Waals surface area contributed by atoms with Crippen LogP contribution in [0.15, 0.2) is 60.4 Å². The molecule has 1 aromatic heterocycles. The maximum absolute atomic E-state index is 12.8. The summed E-state index contributed by atoms with van der Waals surface area (Å²) in [4.78, 5) is 17.2. The molecule has 0 saturated carbocycles. The quantitative estimate of drug-likeness (QED) is 0.712. The molecule has 2 aliphatic rings. The Hall–Kier alpha value is -2.83. The molecule has 2 aromatic rings. The van der Waals surface area contributed by atoms with Crippen LogP contribution in [0.4, 0.5) is 5.69 Å². The van der Waals surface area contributed by atoms with Crippen molar-refractivity contribution >= 4 is 23.2 Å². The molecule has 3 heterocycles. The molecular weight excluding hydrogens is 362 g/mol. The van der Waals surface area contributed by atoms with Crippen molar-refractivity contribution in [1.29, 1.82) is 0 Å². The molecule has 0 fully saturated rings. The molecule has 0 saturated heterocycles. The Bertz CT molecular complexity index is 935. The number of halogens is 1. The molecule has 138 valence electrons. The van der Waals surface area contributed by atoms with Crippen LogP contribution in [-0.2, 0) is 4.79 Å². The van der Waals surface area contributed by atoms with Crippen molar-refractivity contribution in [2.45, 2.75) is 26.1 Å². The van der Waals surface area contributed by atoms with Crippen molar-refractivity contribution in [2.75, 3.05) is 5.32 Å². The van der Waals surface area contributed by atoms with Crippen LogP contribution in [0, 0.1) is 13.8 Å². The van der Waals surface area contributed by atoms with Crippen molar-refractivity contribution in [3.8, 4) is 0 Å². The minimum absolute atomic E-state index is 0.114. The number of hydrogen-bond donors (Lipinski definition) is 3. The summed E-state index contributed by atoms with van der Waals surface area (Å²) in [5.74, 6) is -0.198. The minimum Gasteiger partial charge on any atom is -0.365 e. The molecular formula is C20H20ClN5O. The van der Waals surface area contributed by atoms with Gasteiger partial charge in [0.25, 0.3) is 5.91 Å². The van der Waals surface area contributed by atoms with Gasteiger partial charge in [-0.15, -0.1) is 0 Å². The molecule has 2 aliphatic heterocycles. The van der Waals surface area contributed by atoms with E-state index in [1.165, 1.54) is 0 Å². The number of pyridine rings is 1. The van der Waals surface area contributed by atoms with Gasteiger partial charge in [0, 0.05) is 28.3 Å². The largest absolute Gasteiger partial charge is 0.365 e.